The number of nitriles is 1. The fourth-order valence-electron chi connectivity index (χ4n) is 3.99. The highest BCUT2D eigenvalue weighted by Crippen LogP contribution is 2.39. The SMILES string of the molecule is CNC(=O)CN1CCCC12CCN(c1ccc(C#N)cc1)CC2. The van der Waals surface area contributed by atoms with Gasteiger partial charge in [-0.05, 0) is 56.5 Å². The van der Waals surface area contributed by atoms with Crippen LogP contribution < -0.4 is 10.2 Å². The molecule has 2 aliphatic heterocycles. The van der Waals surface area contributed by atoms with Crippen LogP contribution >= 0.6 is 0 Å². The van der Waals surface area contributed by atoms with Gasteiger partial charge in [-0.2, -0.15) is 5.26 Å². The molecule has 0 aromatic heterocycles. The summed E-state index contributed by atoms with van der Waals surface area (Å²) in [5.41, 5.74) is 2.10. The minimum absolute atomic E-state index is 0.112. The number of piperidine rings is 1. The Balaban J connectivity index is 1.64. The van der Waals surface area contributed by atoms with Crippen LogP contribution in [0.25, 0.3) is 0 Å². The predicted molar refractivity (Wildman–Crippen MR) is 90.2 cm³/mol. The first kappa shape index (κ1) is 15.8. The summed E-state index contributed by atoms with van der Waals surface area (Å²) in [6.45, 7) is 3.57. The lowest BCUT2D eigenvalue weighted by Gasteiger charge is -2.45. The highest BCUT2D eigenvalue weighted by Gasteiger charge is 2.43. The van der Waals surface area contributed by atoms with Crippen molar-refractivity contribution >= 4 is 11.6 Å². The van der Waals surface area contributed by atoms with E-state index in [-0.39, 0.29) is 11.4 Å². The van der Waals surface area contributed by atoms with Gasteiger partial charge in [0, 0.05) is 31.4 Å². The van der Waals surface area contributed by atoms with Gasteiger partial charge in [0.05, 0.1) is 18.2 Å². The largest absolute Gasteiger partial charge is 0.371 e. The minimum atomic E-state index is 0.112. The number of benzene rings is 1. The number of carbonyl (C=O) groups is 1. The van der Waals surface area contributed by atoms with Gasteiger partial charge in [0.25, 0.3) is 0 Å². The molecule has 2 saturated heterocycles. The molecule has 1 aromatic rings. The number of likely N-dealkylation sites (N-methyl/N-ethyl adjacent to an activating group) is 1. The number of carbonyl (C=O) groups excluding carboxylic acids is 1. The van der Waals surface area contributed by atoms with Crippen molar-refractivity contribution in [3.8, 4) is 6.07 Å². The second kappa shape index (κ2) is 6.59. The third kappa shape index (κ3) is 3.18. The zero-order valence-corrected chi connectivity index (χ0v) is 13.7. The molecule has 2 fully saturated rings. The lowest BCUT2D eigenvalue weighted by atomic mass is 9.84. The molecular weight excluding hydrogens is 288 g/mol. The fraction of sp³-hybridized carbons (Fsp3) is 0.556. The molecule has 2 aliphatic rings. The molecule has 1 spiro atoms. The van der Waals surface area contributed by atoms with Crippen molar-refractivity contribution < 1.29 is 4.79 Å². The summed E-state index contributed by atoms with van der Waals surface area (Å²) in [7, 11) is 1.71. The first-order valence-corrected chi connectivity index (χ1v) is 8.38. The standard InChI is InChI=1S/C18H24N4O/c1-20-17(23)14-22-10-2-7-18(22)8-11-21(12-9-18)16-5-3-15(13-19)4-6-16/h3-6H,2,7-12,14H2,1H3,(H,20,23). The Morgan fingerprint density at radius 1 is 1.22 bits per heavy atom. The topological polar surface area (TPSA) is 59.4 Å². The molecule has 0 bridgehead atoms. The molecule has 5 nitrogen and oxygen atoms in total. The number of rotatable bonds is 3. The molecular formula is C18H24N4O. The average molecular weight is 312 g/mol. The normalized spacial score (nSPS) is 20.4. The molecule has 1 amide bonds. The lowest BCUT2D eigenvalue weighted by molar-refractivity contribution is -0.123. The van der Waals surface area contributed by atoms with E-state index in [0.29, 0.717) is 12.1 Å². The summed E-state index contributed by atoms with van der Waals surface area (Å²) in [5, 5.41) is 11.6. The molecule has 0 atom stereocenters. The highest BCUT2D eigenvalue weighted by atomic mass is 16.1. The molecule has 0 saturated carbocycles. The van der Waals surface area contributed by atoms with Gasteiger partial charge in [-0.3, -0.25) is 9.69 Å². The monoisotopic (exact) mass is 312 g/mol. The van der Waals surface area contributed by atoms with Gasteiger partial charge in [0.15, 0.2) is 0 Å². The quantitative estimate of drug-likeness (QED) is 0.923. The number of nitrogens with one attached hydrogen (secondary N) is 1. The molecule has 2 heterocycles. The van der Waals surface area contributed by atoms with Crippen molar-refractivity contribution in [3.63, 3.8) is 0 Å². The molecule has 0 unspecified atom stereocenters. The first-order valence-electron chi connectivity index (χ1n) is 8.38. The van der Waals surface area contributed by atoms with Crippen molar-refractivity contribution in [3.05, 3.63) is 29.8 Å². The Labute approximate surface area is 137 Å². The van der Waals surface area contributed by atoms with E-state index in [1.54, 1.807) is 7.05 Å². The van der Waals surface area contributed by atoms with Crippen molar-refractivity contribution in [2.45, 2.75) is 31.2 Å². The number of amides is 1. The van der Waals surface area contributed by atoms with Gasteiger partial charge < -0.3 is 10.2 Å². The Morgan fingerprint density at radius 2 is 1.91 bits per heavy atom. The van der Waals surface area contributed by atoms with E-state index in [2.05, 4.69) is 21.2 Å². The van der Waals surface area contributed by atoms with E-state index >= 15 is 0 Å². The van der Waals surface area contributed by atoms with Crippen LogP contribution in [0.2, 0.25) is 0 Å². The van der Waals surface area contributed by atoms with Crippen LogP contribution in [-0.4, -0.2) is 49.6 Å². The molecule has 3 rings (SSSR count). The second-order valence-corrected chi connectivity index (χ2v) is 6.57. The zero-order valence-electron chi connectivity index (χ0n) is 13.7. The van der Waals surface area contributed by atoms with Crippen molar-refractivity contribution in [2.24, 2.45) is 0 Å². The summed E-state index contributed by atoms with van der Waals surface area (Å²) in [5.74, 6) is 0.112. The lowest BCUT2D eigenvalue weighted by Crippen LogP contribution is -2.54. The maximum atomic E-state index is 11.8. The van der Waals surface area contributed by atoms with Gasteiger partial charge in [0.1, 0.15) is 0 Å². The van der Waals surface area contributed by atoms with Gasteiger partial charge in [0.2, 0.25) is 5.91 Å². The van der Waals surface area contributed by atoms with Crippen LogP contribution in [0.15, 0.2) is 24.3 Å². The summed E-state index contributed by atoms with van der Waals surface area (Å²) < 4.78 is 0. The third-order valence-corrected chi connectivity index (χ3v) is 5.41. The van der Waals surface area contributed by atoms with E-state index in [4.69, 9.17) is 5.26 Å². The maximum absolute atomic E-state index is 11.8. The summed E-state index contributed by atoms with van der Waals surface area (Å²) in [4.78, 5) is 16.5. The summed E-state index contributed by atoms with van der Waals surface area (Å²) in [6, 6.07) is 10.00. The van der Waals surface area contributed by atoms with Crippen LogP contribution in [0, 0.1) is 11.3 Å². The van der Waals surface area contributed by atoms with Crippen LogP contribution in [0.4, 0.5) is 5.69 Å². The van der Waals surface area contributed by atoms with E-state index in [9.17, 15) is 4.79 Å². The van der Waals surface area contributed by atoms with Gasteiger partial charge in [-0.1, -0.05) is 0 Å². The second-order valence-electron chi connectivity index (χ2n) is 6.57. The fourth-order valence-corrected chi connectivity index (χ4v) is 3.99. The number of likely N-dealkylation sites (tertiary alicyclic amines) is 1. The summed E-state index contributed by atoms with van der Waals surface area (Å²) >= 11 is 0. The van der Waals surface area contributed by atoms with Crippen LogP contribution in [-0.2, 0) is 4.79 Å². The van der Waals surface area contributed by atoms with Gasteiger partial charge in [-0.25, -0.2) is 0 Å². The van der Waals surface area contributed by atoms with Crippen molar-refractivity contribution in [1.29, 1.82) is 5.26 Å². The van der Waals surface area contributed by atoms with Gasteiger partial charge in [-0.15, -0.1) is 0 Å². The third-order valence-electron chi connectivity index (χ3n) is 5.41. The molecule has 5 heteroatoms. The zero-order chi connectivity index (χ0) is 16.3. The summed E-state index contributed by atoms with van der Waals surface area (Å²) in [6.07, 6.45) is 4.59. The molecule has 1 aromatic carbocycles. The molecule has 0 aliphatic carbocycles. The van der Waals surface area contributed by atoms with E-state index in [1.165, 1.54) is 18.5 Å². The number of hydrogen-bond donors (Lipinski definition) is 1. The van der Waals surface area contributed by atoms with Crippen molar-refractivity contribution in [2.75, 3.05) is 38.1 Å². The Hall–Kier alpha value is -2.06. The number of hydrogen-bond acceptors (Lipinski definition) is 4. The van der Waals surface area contributed by atoms with Crippen LogP contribution in [0.1, 0.15) is 31.2 Å². The van der Waals surface area contributed by atoms with Gasteiger partial charge >= 0.3 is 0 Å². The van der Waals surface area contributed by atoms with E-state index in [0.717, 1.165) is 32.5 Å². The molecule has 122 valence electrons. The van der Waals surface area contributed by atoms with Crippen molar-refractivity contribution in [1.82, 2.24) is 10.2 Å². The Morgan fingerprint density at radius 3 is 2.52 bits per heavy atom. The van der Waals surface area contributed by atoms with E-state index < -0.39 is 0 Å². The Bertz CT molecular complexity index is 596. The van der Waals surface area contributed by atoms with Crippen LogP contribution in [0.3, 0.4) is 0 Å². The average Bonchev–Trinajstić information content (AvgIpc) is 2.97. The molecule has 0 radical (unpaired) electrons. The number of nitrogens with zero attached hydrogens (tertiary/aromatic N) is 3. The Kier molecular flexibility index (Phi) is 4.53. The highest BCUT2D eigenvalue weighted by molar-refractivity contribution is 5.77. The predicted octanol–water partition coefficient (Wildman–Crippen LogP) is 1.74. The molecule has 23 heavy (non-hydrogen) atoms. The minimum Gasteiger partial charge on any atom is -0.371 e. The maximum Gasteiger partial charge on any atom is 0.233 e. The number of anilines is 1. The first-order chi connectivity index (χ1) is 11.2. The van der Waals surface area contributed by atoms with E-state index in [1.807, 2.05) is 24.3 Å². The smallest absolute Gasteiger partial charge is 0.233 e. The van der Waals surface area contributed by atoms with Crippen LogP contribution in [0.5, 0.6) is 0 Å². The molecule has 1 N–H and O–H groups in total.